The van der Waals surface area contributed by atoms with Gasteiger partial charge in [0.25, 0.3) is 0 Å². The zero-order chi connectivity index (χ0) is 20.3. The molecular weight excluding hydrogens is 346 g/mol. The highest BCUT2D eigenvalue weighted by molar-refractivity contribution is 5.91. The van der Waals surface area contributed by atoms with E-state index in [9.17, 15) is 9.59 Å². The van der Waals surface area contributed by atoms with Crippen LogP contribution in [0.1, 0.15) is 39.7 Å². The van der Waals surface area contributed by atoms with E-state index in [1.807, 2.05) is 52.0 Å². The Balaban J connectivity index is 2.62. The van der Waals surface area contributed by atoms with Crippen LogP contribution in [0.2, 0.25) is 0 Å². The van der Waals surface area contributed by atoms with Gasteiger partial charge < -0.3 is 19.5 Å². The summed E-state index contributed by atoms with van der Waals surface area (Å²) < 4.78 is 16.2. The maximum atomic E-state index is 12.2. The molecule has 6 heteroatoms. The number of hydrogen-bond donors (Lipinski definition) is 1. The molecule has 0 aliphatic carbocycles. The molecule has 0 aliphatic rings. The van der Waals surface area contributed by atoms with Crippen molar-refractivity contribution in [3.05, 3.63) is 41.6 Å². The van der Waals surface area contributed by atoms with Crippen molar-refractivity contribution in [2.75, 3.05) is 26.4 Å². The molecule has 0 spiro atoms. The van der Waals surface area contributed by atoms with E-state index in [1.54, 1.807) is 6.92 Å². The summed E-state index contributed by atoms with van der Waals surface area (Å²) in [6.45, 7) is 10.4. The molecule has 0 heterocycles. The Hall–Kier alpha value is -2.34. The van der Waals surface area contributed by atoms with Gasteiger partial charge in [-0.25, -0.2) is 0 Å². The molecule has 1 N–H and O–H groups in total. The third-order valence-electron chi connectivity index (χ3n) is 3.35. The lowest BCUT2D eigenvalue weighted by Gasteiger charge is -2.21. The molecule has 27 heavy (non-hydrogen) atoms. The molecule has 0 saturated heterocycles. The number of nitrogens with one attached hydrogen (secondary N) is 1. The Labute approximate surface area is 161 Å². The van der Waals surface area contributed by atoms with E-state index < -0.39 is 0 Å². The molecule has 0 atom stereocenters. The third-order valence-corrected chi connectivity index (χ3v) is 3.35. The third kappa shape index (κ3) is 11.1. The van der Waals surface area contributed by atoms with Gasteiger partial charge in [-0.2, -0.15) is 0 Å². The summed E-state index contributed by atoms with van der Waals surface area (Å²) >= 11 is 0. The number of ketones is 1. The molecule has 0 unspecified atom stereocenters. The highest BCUT2D eigenvalue weighted by atomic mass is 16.5. The normalized spacial score (nSPS) is 11.8. The van der Waals surface area contributed by atoms with E-state index in [1.165, 1.54) is 6.08 Å². The highest BCUT2D eigenvalue weighted by Gasteiger charge is 2.13. The summed E-state index contributed by atoms with van der Waals surface area (Å²) in [5.41, 5.74) is 1.32. The van der Waals surface area contributed by atoms with E-state index >= 15 is 0 Å². The van der Waals surface area contributed by atoms with E-state index in [0.717, 1.165) is 5.56 Å². The minimum absolute atomic E-state index is 0.0674. The van der Waals surface area contributed by atoms with Gasteiger partial charge in [-0.1, -0.05) is 12.1 Å². The molecule has 1 rings (SSSR count). The molecule has 150 valence electrons. The minimum atomic E-state index is -0.344. The maximum Gasteiger partial charge on any atom is 0.307 e. The quantitative estimate of drug-likeness (QED) is 0.472. The van der Waals surface area contributed by atoms with Gasteiger partial charge in [-0.3, -0.25) is 9.59 Å². The number of carbonyl (C=O) groups excluding carboxylic acids is 2. The van der Waals surface area contributed by atoms with Crippen LogP contribution >= 0.6 is 0 Å². The Morgan fingerprint density at radius 3 is 2.56 bits per heavy atom. The summed E-state index contributed by atoms with van der Waals surface area (Å²) in [4.78, 5) is 23.7. The van der Waals surface area contributed by atoms with Crippen molar-refractivity contribution >= 4 is 11.8 Å². The van der Waals surface area contributed by atoms with Gasteiger partial charge in [0.15, 0.2) is 12.4 Å². The SMILES string of the molecule is CCOC(=O)CCN/C(=C/C(=O)COc1cccc(C)c1)COC(C)(C)C. The Morgan fingerprint density at radius 1 is 1.19 bits per heavy atom. The first kappa shape index (κ1) is 22.7. The average Bonchev–Trinajstić information content (AvgIpc) is 2.57. The van der Waals surface area contributed by atoms with Gasteiger partial charge in [-0.05, 0) is 52.3 Å². The lowest BCUT2D eigenvalue weighted by Crippen LogP contribution is -2.27. The molecular formula is C21H31NO5. The van der Waals surface area contributed by atoms with E-state index in [-0.39, 0.29) is 37.0 Å². The summed E-state index contributed by atoms with van der Waals surface area (Å²) in [6, 6.07) is 7.53. The van der Waals surface area contributed by atoms with Gasteiger partial charge in [0.2, 0.25) is 0 Å². The molecule has 0 amide bonds. The van der Waals surface area contributed by atoms with Crippen LogP contribution < -0.4 is 10.1 Å². The van der Waals surface area contributed by atoms with Gasteiger partial charge in [0.1, 0.15) is 5.75 Å². The topological polar surface area (TPSA) is 73.9 Å². The minimum Gasteiger partial charge on any atom is -0.485 e. The Kier molecular flexibility index (Phi) is 9.58. The second kappa shape index (κ2) is 11.4. The molecule has 0 bridgehead atoms. The van der Waals surface area contributed by atoms with Crippen molar-refractivity contribution in [2.45, 2.75) is 46.6 Å². The monoisotopic (exact) mass is 377 g/mol. The zero-order valence-corrected chi connectivity index (χ0v) is 17.0. The first-order valence-electron chi connectivity index (χ1n) is 9.16. The van der Waals surface area contributed by atoms with Crippen molar-refractivity contribution in [1.82, 2.24) is 5.32 Å². The average molecular weight is 377 g/mol. The molecule has 6 nitrogen and oxygen atoms in total. The first-order chi connectivity index (χ1) is 12.7. The van der Waals surface area contributed by atoms with Crippen LogP contribution in [0.15, 0.2) is 36.0 Å². The van der Waals surface area contributed by atoms with Crippen molar-refractivity contribution in [3.8, 4) is 5.75 Å². The standard InChI is InChI=1S/C21H31NO5/c1-6-25-20(24)10-11-22-17(14-27-21(3,4)5)13-18(23)15-26-19-9-7-8-16(2)12-19/h7-9,12-13,22H,6,10-11,14-15H2,1-5H3/b17-13+. The molecule has 0 radical (unpaired) electrons. The predicted molar refractivity (Wildman–Crippen MR) is 105 cm³/mol. The van der Waals surface area contributed by atoms with Crippen molar-refractivity contribution in [1.29, 1.82) is 0 Å². The van der Waals surface area contributed by atoms with E-state index in [2.05, 4.69) is 5.32 Å². The molecule has 0 fully saturated rings. The van der Waals surface area contributed by atoms with Crippen LogP contribution in [0.5, 0.6) is 5.75 Å². The van der Waals surface area contributed by atoms with Gasteiger partial charge in [0.05, 0.1) is 25.2 Å². The molecule has 0 aliphatic heterocycles. The fourth-order valence-electron chi connectivity index (χ4n) is 2.09. The second-order valence-electron chi connectivity index (χ2n) is 7.12. The van der Waals surface area contributed by atoms with Crippen LogP contribution in [-0.2, 0) is 19.1 Å². The van der Waals surface area contributed by atoms with Crippen LogP contribution in [-0.4, -0.2) is 43.7 Å². The maximum absolute atomic E-state index is 12.2. The number of ether oxygens (including phenoxy) is 3. The molecule has 1 aromatic rings. The molecule has 0 aromatic heterocycles. The van der Waals surface area contributed by atoms with E-state index in [4.69, 9.17) is 14.2 Å². The lowest BCUT2D eigenvalue weighted by atomic mass is 10.2. The smallest absolute Gasteiger partial charge is 0.307 e. The number of rotatable bonds is 11. The lowest BCUT2D eigenvalue weighted by molar-refractivity contribution is -0.142. The van der Waals surface area contributed by atoms with Crippen LogP contribution in [0, 0.1) is 6.92 Å². The Bertz CT molecular complexity index is 646. The predicted octanol–water partition coefficient (Wildman–Crippen LogP) is 3.18. The van der Waals surface area contributed by atoms with Crippen LogP contribution in [0.25, 0.3) is 0 Å². The highest BCUT2D eigenvalue weighted by Crippen LogP contribution is 2.12. The number of carbonyl (C=O) groups is 2. The zero-order valence-electron chi connectivity index (χ0n) is 17.0. The fourth-order valence-corrected chi connectivity index (χ4v) is 2.09. The summed E-state index contributed by atoms with van der Waals surface area (Å²) in [5, 5.41) is 3.08. The number of benzene rings is 1. The number of hydrogen-bond acceptors (Lipinski definition) is 6. The summed E-state index contributed by atoms with van der Waals surface area (Å²) in [5.74, 6) is 0.183. The van der Waals surface area contributed by atoms with Crippen LogP contribution in [0.3, 0.4) is 0 Å². The number of esters is 1. The van der Waals surface area contributed by atoms with Crippen molar-refractivity contribution < 1.29 is 23.8 Å². The first-order valence-corrected chi connectivity index (χ1v) is 9.16. The van der Waals surface area contributed by atoms with Gasteiger partial charge in [0, 0.05) is 18.3 Å². The summed E-state index contributed by atoms with van der Waals surface area (Å²) in [6.07, 6.45) is 1.68. The summed E-state index contributed by atoms with van der Waals surface area (Å²) in [7, 11) is 0. The molecule has 0 saturated carbocycles. The largest absolute Gasteiger partial charge is 0.485 e. The Morgan fingerprint density at radius 2 is 1.93 bits per heavy atom. The van der Waals surface area contributed by atoms with E-state index in [0.29, 0.717) is 24.6 Å². The van der Waals surface area contributed by atoms with Crippen molar-refractivity contribution in [3.63, 3.8) is 0 Å². The van der Waals surface area contributed by atoms with Gasteiger partial charge in [-0.15, -0.1) is 0 Å². The fraction of sp³-hybridized carbons (Fsp3) is 0.524. The van der Waals surface area contributed by atoms with Gasteiger partial charge >= 0.3 is 5.97 Å². The number of aryl methyl sites for hydroxylation is 1. The second-order valence-corrected chi connectivity index (χ2v) is 7.12. The molecule has 1 aromatic carbocycles. The van der Waals surface area contributed by atoms with Crippen molar-refractivity contribution in [2.24, 2.45) is 0 Å². The van der Waals surface area contributed by atoms with Crippen LogP contribution in [0.4, 0.5) is 0 Å².